The van der Waals surface area contributed by atoms with Gasteiger partial charge in [-0.1, -0.05) is 0 Å². The third-order valence-corrected chi connectivity index (χ3v) is 3.45. The molecule has 1 aliphatic rings. The Kier molecular flexibility index (Phi) is 3.72. The molecule has 0 saturated heterocycles. The van der Waals surface area contributed by atoms with Crippen molar-refractivity contribution in [2.24, 2.45) is 16.5 Å². The molecule has 1 saturated carbocycles. The summed E-state index contributed by atoms with van der Waals surface area (Å²) >= 11 is 1.96. The summed E-state index contributed by atoms with van der Waals surface area (Å²) in [5.74, 6) is 0.239. The van der Waals surface area contributed by atoms with E-state index in [1.54, 1.807) is 0 Å². The molecule has 4 N–H and O–H groups in total. The van der Waals surface area contributed by atoms with Crippen LogP contribution < -0.4 is 11.5 Å². The molecule has 0 radical (unpaired) electrons. The molecule has 0 heterocycles. The molecule has 1 aliphatic carbocycles. The van der Waals surface area contributed by atoms with E-state index in [2.05, 4.69) is 11.2 Å². The van der Waals surface area contributed by atoms with E-state index in [1.165, 1.54) is 12.8 Å². The fourth-order valence-electron chi connectivity index (χ4n) is 1.62. The van der Waals surface area contributed by atoms with Crippen LogP contribution in [-0.2, 0) is 0 Å². The van der Waals surface area contributed by atoms with Gasteiger partial charge in [-0.15, -0.1) is 0 Å². The van der Waals surface area contributed by atoms with Crippen LogP contribution in [0.2, 0.25) is 0 Å². The van der Waals surface area contributed by atoms with Crippen molar-refractivity contribution < 1.29 is 0 Å². The maximum Gasteiger partial charge on any atom is 0.186 e. The first-order valence-electron chi connectivity index (χ1n) is 4.34. The van der Waals surface area contributed by atoms with Crippen LogP contribution in [0.4, 0.5) is 0 Å². The first-order chi connectivity index (χ1) is 5.72. The topological polar surface area (TPSA) is 64.4 Å². The van der Waals surface area contributed by atoms with E-state index >= 15 is 0 Å². The van der Waals surface area contributed by atoms with Crippen molar-refractivity contribution in [3.63, 3.8) is 0 Å². The molecule has 0 aliphatic heterocycles. The maximum atomic E-state index is 5.31. The molecular formula is C8H17N3S. The number of nitrogens with two attached hydrogens (primary N) is 2. The van der Waals surface area contributed by atoms with Gasteiger partial charge in [-0.3, -0.25) is 4.99 Å². The van der Waals surface area contributed by atoms with Crippen molar-refractivity contribution in [2.75, 3.05) is 6.26 Å². The van der Waals surface area contributed by atoms with Crippen LogP contribution >= 0.6 is 11.8 Å². The Morgan fingerprint density at radius 3 is 2.25 bits per heavy atom. The third-order valence-electron chi connectivity index (χ3n) is 2.31. The predicted octanol–water partition coefficient (Wildman–Crippen LogP) is 0.934. The van der Waals surface area contributed by atoms with Crippen LogP contribution in [0, 0.1) is 0 Å². The van der Waals surface area contributed by atoms with E-state index in [1.807, 2.05) is 11.8 Å². The zero-order chi connectivity index (χ0) is 8.97. The number of nitrogens with zero attached hydrogens (tertiary/aromatic N) is 1. The second kappa shape index (κ2) is 4.60. The van der Waals surface area contributed by atoms with Crippen molar-refractivity contribution >= 4 is 17.7 Å². The summed E-state index contributed by atoms with van der Waals surface area (Å²) in [5.41, 5.74) is 10.6. The number of thioether (sulfide) groups is 1. The van der Waals surface area contributed by atoms with Gasteiger partial charge in [-0.25, -0.2) is 0 Å². The van der Waals surface area contributed by atoms with E-state index in [0.29, 0.717) is 6.04 Å². The van der Waals surface area contributed by atoms with Crippen molar-refractivity contribution in [1.82, 2.24) is 0 Å². The van der Waals surface area contributed by atoms with Gasteiger partial charge in [0.05, 0.1) is 6.04 Å². The molecule has 0 unspecified atom stereocenters. The monoisotopic (exact) mass is 187 g/mol. The molecule has 4 heteroatoms. The van der Waals surface area contributed by atoms with E-state index in [4.69, 9.17) is 11.5 Å². The molecule has 1 fully saturated rings. The quantitative estimate of drug-likeness (QED) is 0.499. The van der Waals surface area contributed by atoms with Crippen molar-refractivity contribution in [1.29, 1.82) is 0 Å². The molecule has 1 rings (SSSR count). The van der Waals surface area contributed by atoms with Crippen LogP contribution in [0.15, 0.2) is 4.99 Å². The summed E-state index contributed by atoms with van der Waals surface area (Å²) in [6.07, 6.45) is 6.96. The lowest BCUT2D eigenvalue weighted by molar-refractivity contribution is 0.452. The molecule has 12 heavy (non-hydrogen) atoms. The molecule has 0 bridgehead atoms. The van der Waals surface area contributed by atoms with E-state index in [-0.39, 0.29) is 5.96 Å². The normalized spacial score (nSPS) is 29.8. The molecule has 70 valence electrons. The highest BCUT2D eigenvalue weighted by atomic mass is 32.2. The summed E-state index contributed by atoms with van der Waals surface area (Å²) in [6.45, 7) is 0. The SMILES string of the molecule is CSC1CCC(N=C(N)N)CC1. The van der Waals surface area contributed by atoms with Crippen LogP contribution in [0.3, 0.4) is 0 Å². The average Bonchev–Trinajstić information content (AvgIpc) is 2.05. The number of rotatable bonds is 2. The minimum absolute atomic E-state index is 0.239. The summed E-state index contributed by atoms with van der Waals surface area (Å²) < 4.78 is 0. The Balaban J connectivity index is 2.31. The van der Waals surface area contributed by atoms with Crippen LogP contribution in [0.25, 0.3) is 0 Å². The van der Waals surface area contributed by atoms with Gasteiger partial charge in [-0.2, -0.15) is 11.8 Å². The molecular weight excluding hydrogens is 170 g/mol. The third kappa shape index (κ3) is 2.93. The molecule has 0 atom stereocenters. The van der Waals surface area contributed by atoms with Gasteiger partial charge in [0, 0.05) is 5.25 Å². The lowest BCUT2D eigenvalue weighted by Gasteiger charge is -2.24. The van der Waals surface area contributed by atoms with Gasteiger partial charge in [0.2, 0.25) is 0 Å². The predicted molar refractivity (Wildman–Crippen MR) is 55.4 cm³/mol. The number of guanidine groups is 1. The first-order valence-corrected chi connectivity index (χ1v) is 5.62. The Bertz CT molecular complexity index is 158. The Morgan fingerprint density at radius 2 is 1.83 bits per heavy atom. The summed E-state index contributed by atoms with van der Waals surface area (Å²) in [6, 6.07) is 0.387. The zero-order valence-corrected chi connectivity index (χ0v) is 8.31. The van der Waals surface area contributed by atoms with Gasteiger partial charge >= 0.3 is 0 Å². The number of hydrogen-bond acceptors (Lipinski definition) is 2. The molecule has 0 aromatic rings. The fourth-order valence-corrected chi connectivity index (χ4v) is 2.36. The molecule has 0 aromatic heterocycles. The van der Waals surface area contributed by atoms with Crippen LogP contribution in [-0.4, -0.2) is 23.5 Å². The Morgan fingerprint density at radius 1 is 1.25 bits per heavy atom. The average molecular weight is 187 g/mol. The minimum Gasteiger partial charge on any atom is -0.370 e. The Hall–Kier alpha value is -0.380. The standard InChI is InChI=1S/C8H17N3S/c1-12-7-4-2-6(3-5-7)11-8(9)10/h6-7H,2-5H2,1H3,(H4,9,10,11). The second-order valence-corrected chi connectivity index (χ2v) is 4.36. The van der Waals surface area contributed by atoms with Gasteiger partial charge in [-0.05, 0) is 31.9 Å². The lowest BCUT2D eigenvalue weighted by Crippen LogP contribution is -2.27. The zero-order valence-electron chi connectivity index (χ0n) is 7.49. The molecule has 0 aromatic carbocycles. The summed E-state index contributed by atoms with van der Waals surface area (Å²) in [7, 11) is 0. The van der Waals surface area contributed by atoms with E-state index < -0.39 is 0 Å². The van der Waals surface area contributed by atoms with Gasteiger partial charge in [0.15, 0.2) is 5.96 Å². The van der Waals surface area contributed by atoms with E-state index in [9.17, 15) is 0 Å². The second-order valence-electron chi connectivity index (χ2n) is 3.22. The van der Waals surface area contributed by atoms with Gasteiger partial charge in [0.1, 0.15) is 0 Å². The Labute approximate surface area is 78.0 Å². The maximum absolute atomic E-state index is 5.31. The van der Waals surface area contributed by atoms with Crippen molar-refractivity contribution in [2.45, 2.75) is 37.0 Å². The highest BCUT2D eigenvalue weighted by Crippen LogP contribution is 2.28. The number of aliphatic imine (C=N–C) groups is 1. The molecule has 0 spiro atoms. The van der Waals surface area contributed by atoms with Crippen LogP contribution in [0.5, 0.6) is 0 Å². The smallest absolute Gasteiger partial charge is 0.186 e. The van der Waals surface area contributed by atoms with Gasteiger partial charge < -0.3 is 11.5 Å². The molecule has 0 amide bonds. The molecule has 3 nitrogen and oxygen atoms in total. The van der Waals surface area contributed by atoms with Crippen molar-refractivity contribution in [3.05, 3.63) is 0 Å². The van der Waals surface area contributed by atoms with E-state index in [0.717, 1.165) is 18.1 Å². The lowest BCUT2D eigenvalue weighted by atomic mass is 9.95. The summed E-state index contributed by atoms with van der Waals surface area (Å²) in [4.78, 5) is 4.17. The van der Waals surface area contributed by atoms with Crippen LogP contribution in [0.1, 0.15) is 25.7 Å². The summed E-state index contributed by atoms with van der Waals surface area (Å²) in [5, 5.41) is 0.829. The van der Waals surface area contributed by atoms with Gasteiger partial charge in [0.25, 0.3) is 0 Å². The highest BCUT2D eigenvalue weighted by molar-refractivity contribution is 7.99. The largest absolute Gasteiger partial charge is 0.370 e. The highest BCUT2D eigenvalue weighted by Gasteiger charge is 2.19. The minimum atomic E-state index is 0.239. The van der Waals surface area contributed by atoms with Crippen molar-refractivity contribution in [3.8, 4) is 0 Å². The first kappa shape index (κ1) is 9.71. The fraction of sp³-hybridized carbons (Fsp3) is 0.875. The number of hydrogen-bond donors (Lipinski definition) is 2.